The molecule has 0 saturated carbocycles. The number of alkyl halides is 1. The minimum atomic E-state index is -1.42. The summed E-state index contributed by atoms with van der Waals surface area (Å²) in [6.07, 6.45) is 4.93. The van der Waals surface area contributed by atoms with Gasteiger partial charge in [-0.25, -0.2) is 4.79 Å². The number of aliphatic hydroxyl groups is 1. The molecule has 15 heteroatoms. The Morgan fingerprint density at radius 3 is 2.50 bits per heavy atom. The lowest BCUT2D eigenvalue weighted by Crippen LogP contribution is -2.60. The van der Waals surface area contributed by atoms with Crippen molar-refractivity contribution in [1.29, 1.82) is 0 Å². The van der Waals surface area contributed by atoms with E-state index in [1.165, 1.54) is 6.92 Å². The van der Waals surface area contributed by atoms with E-state index in [2.05, 4.69) is 15.3 Å². The second kappa shape index (κ2) is 19.0. The Labute approximate surface area is 365 Å². The minimum Gasteiger partial charge on any atom is -0.447 e. The SMILES string of the molecule is C[C@H]1C(=O)O[C@H](I)[C@@]2(C)OC(=O)N[C@@H]2[C@@H](C)C(=O)[C@H](C)C[C@@](C)(OC/C=C/c2cnc3ccccc3c2)[C@H](O[C@@H]2O[C@H](C)C[C@H](N(C)Cc3cccnc3)[C@H]2O)[C@@H](C)C1=O. The topological polar surface area (TPSA) is 176 Å². The average molecular weight is 941 g/mol. The third kappa shape index (κ3) is 9.92. The van der Waals surface area contributed by atoms with E-state index in [0.29, 0.717) is 13.0 Å². The number of halogens is 1. The number of nitrogens with zero attached hydrogens (tertiary/aromatic N) is 3. The summed E-state index contributed by atoms with van der Waals surface area (Å²) in [7, 11) is 1.92. The van der Waals surface area contributed by atoms with E-state index < -0.39 is 87.4 Å². The van der Waals surface area contributed by atoms with Crippen LogP contribution in [0.4, 0.5) is 4.79 Å². The number of ether oxygens (including phenoxy) is 5. The molecule has 0 unspecified atom stereocenters. The molecule has 3 aromatic rings. The summed E-state index contributed by atoms with van der Waals surface area (Å²) in [4.78, 5) is 66.3. The van der Waals surface area contributed by atoms with E-state index in [9.17, 15) is 24.3 Å². The van der Waals surface area contributed by atoms with Gasteiger partial charge in [-0.15, -0.1) is 0 Å². The van der Waals surface area contributed by atoms with Crippen molar-refractivity contribution in [3.63, 3.8) is 0 Å². The van der Waals surface area contributed by atoms with Crippen LogP contribution in [0.3, 0.4) is 0 Å². The van der Waals surface area contributed by atoms with E-state index >= 15 is 0 Å². The number of ketones is 2. The number of benzene rings is 1. The van der Waals surface area contributed by atoms with Gasteiger partial charge in [-0.2, -0.15) is 0 Å². The molecular weight excluding hydrogens is 883 g/mol. The zero-order valence-corrected chi connectivity index (χ0v) is 37.6. The Morgan fingerprint density at radius 2 is 1.77 bits per heavy atom. The fourth-order valence-corrected chi connectivity index (χ4v) is 9.71. The van der Waals surface area contributed by atoms with Crippen molar-refractivity contribution in [3.05, 3.63) is 78.3 Å². The number of para-hydroxylation sites is 1. The standard InChI is InChI=1S/C45H57IN4O10/c1-25-21-44(6,56-18-12-14-30-20-32-15-9-10-16-33(32)48-23-30)39(58-41-37(53)34(19-26(2)57-41)50(8)24-31-13-11-17-47-22-31)28(4)36(52)29(5)40(54)59-42(46)45(7)38(27(3)35(25)51)49-43(55)60-45/h9-17,20,22-23,25-29,34,37-39,41-42,53H,18-19,21,24H2,1-8H3,(H,49,55)/b14-12+/t25-,26-,27+,28+,29-,34+,37-,38-,39-,41+,42+,44-,45+/m1/s1. The molecule has 0 spiro atoms. The highest BCUT2D eigenvalue weighted by molar-refractivity contribution is 14.1. The van der Waals surface area contributed by atoms with Gasteiger partial charge in [-0.05, 0) is 99.5 Å². The number of pyridine rings is 2. The van der Waals surface area contributed by atoms with Gasteiger partial charge in [0.2, 0.25) is 0 Å². The number of carbonyl (C=O) groups is 4. The first-order chi connectivity index (χ1) is 28.4. The van der Waals surface area contributed by atoms with Gasteiger partial charge in [0.15, 0.2) is 21.8 Å². The molecule has 13 atom stereocenters. The quantitative estimate of drug-likeness (QED) is 0.110. The van der Waals surface area contributed by atoms with Gasteiger partial charge in [0.05, 0.1) is 36.0 Å². The summed E-state index contributed by atoms with van der Waals surface area (Å²) in [6, 6.07) is 12.4. The van der Waals surface area contributed by atoms with Crippen LogP contribution >= 0.6 is 22.6 Å². The first-order valence-corrected chi connectivity index (χ1v) is 21.8. The molecule has 3 aliphatic rings. The normalized spacial score (nSPS) is 35.8. The highest BCUT2D eigenvalue weighted by Gasteiger charge is 2.57. The molecule has 3 aliphatic heterocycles. The molecular formula is C45H57IN4O10. The molecule has 0 radical (unpaired) electrons. The number of Topliss-reactive ketones (excluding diaryl/α,β-unsaturated/α-hetero) is 2. The van der Waals surface area contributed by atoms with Crippen LogP contribution in [0.2, 0.25) is 0 Å². The van der Waals surface area contributed by atoms with Crippen molar-refractivity contribution >= 4 is 63.2 Å². The summed E-state index contributed by atoms with van der Waals surface area (Å²) >= 11 is 1.87. The zero-order chi connectivity index (χ0) is 43.5. The monoisotopic (exact) mass is 940 g/mol. The summed E-state index contributed by atoms with van der Waals surface area (Å²) < 4.78 is 30.4. The molecule has 3 fully saturated rings. The smallest absolute Gasteiger partial charge is 0.408 e. The Bertz CT molecular complexity index is 2060. The number of aromatic nitrogens is 2. The lowest BCUT2D eigenvalue weighted by molar-refractivity contribution is -0.297. The van der Waals surface area contributed by atoms with Crippen LogP contribution in [0.1, 0.15) is 72.4 Å². The van der Waals surface area contributed by atoms with Gasteiger partial charge >= 0.3 is 12.1 Å². The summed E-state index contributed by atoms with van der Waals surface area (Å²) in [6.45, 7) is 12.5. The van der Waals surface area contributed by atoms with Gasteiger partial charge < -0.3 is 34.1 Å². The van der Waals surface area contributed by atoms with Gasteiger partial charge in [0, 0.05) is 54.3 Å². The number of likely N-dealkylation sites (N-methyl/N-ethyl adjacent to an activating group) is 1. The fraction of sp³-hybridized carbons (Fsp3) is 0.556. The first kappa shape index (κ1) is 45.7. The molecule has 1 amide bonds. The summed E-state index contributed by atoms with van der Waals surface area (Å²) in [5.74, 6) is -5.31. The number of hydrogen-bond acceptors (Lipinski definition) is 13. The molecule has 5 heterocycles. The van der Waals surface area contributed by atoms with Crippen LogP contribution in [0.25, 0.3) is 17.0 Å². The molecule has 3 saturated heterocycles. The maximum absolute atomic E-state index is 14.5. The Kier molecular flexibility index (Phi) is 14.5. The van der Waals surface area contributed by atoms with Crippen molar-refractivity contribution in [1.82, 2.24) is 20.2 Å². The maximum atomic E-state index is 14.5. The van der Waals surface area contributed by atoms with E-state index in [-0.39, 0.29) is 24.9 Å². The van der Waals surface area contributed by atoms with Crippen LogP contribution in [-0.2, 0) is 44.6 Å². The minimum absolute atomic E-state index is 0.0419. The van der Waals surface area contributed by atoms with Crippen molar-refractivity contribution in [2.75, 3.05) is 13.7 Å². The number of hydrogen-bond donors (Lipinski definition) is 2. The Hall–Kier alpha value is -3.87. The second-order valence-electron chi connectivity index (χ2n) is 17.1. The largest absolute Gasteiger partial charge is 0.447 e. The Morgan fingerprint density at radius 1 is 1.02 bits per heavy atom. The van der Waals surface area contributed by atoms with Gasteiger partial charge in [0.1, 0.15) is 17.8 Å². The number of alkyl carbamates (subject to hydrolysis) is 1. The molecule has 0 bridgehead atoms. The summed E-state index contributed by atoms with van der Waals surface area (Å²) in [5.41, 5.74) is -0.127. The van der Waals surface area contributed by atoms with Crippen LogP contribution in [0.5, 0.6) is 0 Å². The summed E-state index contributed by atoms with van der Waals surface area (Å²) in [5, 5.41) is 15.8. The first-order valence-electron chi connectivity index (χ1n) is 20.6. The molecule has 2 aromatic heterocycles. The van der Waals surface area contributed by atoms with Crippen molar-refractivity contribution < 1.29 is 48.0 Å². The maximum Gasteiger partial charge on any atom is 0.408 e. The number of amides is 1. The van der Waals surface area contributed by atoms with Crippen molar-refractivity contribution in [3.8, 4) is 0 Å². The van der Waals surface area contributed by atoms with Crippen molar-refractivity contribution in [2.24, 2.45) is 23.7 Å². The molecule has 0 aliphatic carbocycles. The molecule has 2 N–H and O–H groups in total. The van der Waals surface area contributed by atoms with E-state index in [0.717, 1.165) is 22.0 Å². The van der Waals surface area contributed by atoms with E-state index in [1.807, 2.05) is 96.1 Å². The second-order valence-corrected chi connectivity index (χ2v) is 18.2. The lowest BCUT2D eigenvalue weighted by Gasteiger charge is -2.47. The predicted octanol–water partition coefficient (Wildman–Crippen LogP) is 6.06. The van der Waals surface area contributed by atoms with Crippen LogP contribution in [-0.4, -0.2) is 109 Å². The molecule has 6 rings (SSSR count). The highest BCUT2D eigenvalue weighted by Crippen LogP contribution is 2.41. The molecule has 14 nitrogen and oxygen atoms in total. The zero-order valence-electron chi connectivity index (χ0n) is 35.4. The fourth-order valence-electron chi connectivity index (χ4n) is 8.94. The number of aliphatic hydroxyl groups excluding tert-OH is 1. The predicted molar refractivity (Wildman–Crippen MR) is 231 cm³/mol. The van der Waals surface area contributed by atoms with Crippen molar-refractivity contribution in [2.45, 2.75) is 120 Å². The van der Waals surface area contributed by atoms with Gasteiger partial charge in [-0.3, -0.25) is 29.3 Å². The number of esters is 1. The average Bonchev–Trinajstić information content (AvgIpc) is 3.55. The lowest BCUT2D eigenvalue weighted by atomic mass is 9.74. The molecule has 324 valence electrons. The van der Waals surface area contributed by atoms with E-state index in [1.54, 1.807) is 53.2 Å². The van der Waals surface area contributed by atoms with E-state index in [4.69, 9.17) is 23.7 Å². The highest BCUT2D eigenvalue weighted by atomic mass is 127. The third-order valence-corrected chi connectivity index (χ3v) is 13.8. The number of nitrogens with one attached hydrogen (secondary N) is 1. The molecule has 1 aromatic carbocycles. The third-order valence-electron chi connectivity index (χ3n) is 12.4. The van der Waals surface area contributed by atoms with Gasteiger partial charge in [-0.1, -0.05) is 57.2 Å². The van der Waals surface area contributed by atoms with Crippen LogP contribution < -0.4 is 5.32 Å². The number of carbonyl (C=O) groups excluding carboxylic acids is 4. The number of fused-ring (bicyclic) bond motifs is 2. The molecule has 60 heavy (non-hydrogen) atoms. The number of cyclic esters (lactones) is 1. The van der Waals surface area contributed by atoms with Gasteiger partial charge in [0.25, 0.3) is 0 Å². The van der Waals surface area contributed by atoms with Crippen LogP contribution in [0, 0.1) is 23.7 Å². The van der Waals surface area contributed by atoms with Crippen LogP contribution in [0.15, 0.2) is 67.1 Å². The Balaban J connectivity index is 1.36. The number of rotatable bonds is 9.